The highest BCUT2D eigenvalue weighted by Gasteiger charge is 2.34. The summed E-state index contributed by atoms with van der Waals surface area (Å²) in [5.74, 6) is 0.904. The fourth-order valence-corrected chi connectivity index (χ4v) is 3.78. The van der Waals surface area contributed by atoms with Gasteiger partial charge in [0.1, 0.15) is 5.69 Å². The van der Waals surface area contributed by atoms with Gasteiger partial charge in [0, 0.05) is 19.7 Å². The predicted molar refractivity (Wildman–Crippen MR) is 88.0 cm³/mol. The highest BCUT2D eigenvalue weighted by molar-refractivity contribution is 5.92. The Morgan fingerprint density at radius 3 is 2.76 bits per heavy atom. The van der Waals surface area contributed by atoms with Gasteiger partial charge in [0.2, 0.25) is 11.8 Å². The molecule has 0 bridgehead atoms. The van der Waals surface area contributed by atoms with Crippen LogP contribution in [0.4, 0.5) is 0 Å². The van der Waals surface area contributed by atoms with Gasteiger partial charge in [0.15, 0.2) is 6.10 Å². The van der Waals surface area contributed by atoms with Crippen LogP contribution in [0.25, 0.3) is 0 Å². The Kier molecular flexibility index (Phi) is 4.29. The summed E-state index contributed by atoms with van der Waals surface area (Å²) in [6, 6.07) is 2.15. The van der Waals surface area contributed by atoms with Crippen LogP contribution in [0, 0.1) is 6.92 Å². The van der Waals surface area contributed by atoms with Crippen molar-refractivity contribution in [3.05, 3.63) is 29.7 Å². The van der Waals surface area contributed by atoms with Crippen molar-refractivity contribution in [2.75, 3.05) is 13.1 Å². The number of aryl methyl sites for hydroxylation is 1. The highest BCUT2D eigenvalue weighted by Crippen LogP contribution is 2.31. The maximum Gasteiger partial charge on any atom is 0.272 e. The molecule has 25 heavy (non-hydrogen) atoms. The molecule has 0 radical (unpaired) electrons. The standard InChI is InChI=1S/C17H23N5O3/c1-11-9-21(10-15(24-11)16-20-19-12(2)25-16)17(23)14-7-8-18-22(14)13-5-3-4-6-13/h7-8,11,13,15H,3-6,9-10H2,1-2H3/t11-,15-/m1/s1. The molecule has 0 aromatic carbocycles. The SMILES string of the molecule is Cc1nnc([C@H]2CN(C(=O)c3ccnn3C3CCCC3)C[C@@H](C)O2)o1. The van der Waals surface area contributed by atoms with Crippen molar-refractivity contribution in [3.63, 3.8) is 0 Å². The van der Waals surface area contributed by atoms with E-state index in [0.717, 1.165) is 12.8 Å². The van der Waals surface area contributed by atoms with Crippen molar-refractivity contribution in [1.82, 2.24) is 24.9 Å². The third-order valence-corrected chi connectivity index (χ3v) is 4.92. The van der Waals surface area contributed by atoms with E-state index < -0.39 is 6.10 Å². The molecule has 8 heteroatoms. The largest absolute Gasteiger partial charge is 0.423 e. The summed E-state index contributed by atoms with van der Waals surface area (Å²) in [7, 11) is 0. The summed E-state index contributed by atoms with van der Waals surface area (Å²) in [5, 5.41) is 12.3. The van der Waals surface area contributed by atoms with Crippen molar-refractivity contribution in [2.45, 2.75) is 57.8 Å². The first-order valence-corrected chi connectivity index (χ1v) is 8.90. The minimum absolute atomic E-state index is 0.0132. The molecule has 2 aliphatic rings. The van der Waals surface area contributed by atoms with Gasteiger partial charge in [-0.3, -0.25) is 9.48 Å². The van der Waals surface area contributed by atoms with Gasteiger partial charge < -0.3 is 14.1 Å². The van der Waals surface area contributed by atoms with Crippen LogP contribution in [0.15, 0.2) is 16.7 Å². The molecule has 1 saturated carbocycles. The Morgan fingerprint density at radius 1 is 1.24 bits per heavy atom. The second-order valence-electron chi connectivity index (χ2n) is 6.90. The molecule has 1 saturated heterocycles. The Labute approximate surface area is 146 Å². The quantitative estimate of drug-likeness (QED) is 0.848. The van der Waals surface area contributed by atoms with Gasteiger partial charge in [-0.2, -0.15) is 5.10 Å². The number of hydrogen-bond acceptors (Lipinski definition) is 6. The van der Waals surface area contributed by atoms with Crippen LogP contribution in [0.2, 0.25) is 0 Å². The average molecular weight is 345 g/mol. The number of ether oxygens (including phenoxy) is 1. The Hall–Kier alpha value is -2.22. The number of hydrogen-bond donors (Lipinski definition) is 0. The van der Waals surface area contributed by atoms with Gasteiger partial charge in [-0.1, -0.05) is 12.8 Å². The van der Waals surface area contributed by atoms with Crippen molar-refractivity contribution in [2.24, 2.45) is 0 Å². The molecule has 134 valence electrons. The topological polar surface area (TPSA) is 86.3 Å². The van der Waals surface area contributed by atoms with Gasteiger partial charge in [-0.25, -0.2) is 0 Å². The number of carbonyl (C=O) groups excluding carboxylic acids is 1. The maximum absolute atomic E-state index is 13.1. The molecule has 0 N–H and O–H groups in total. The van der Waals surface area contributed by atoms with Gasteiger partial charge in [0.25, 0.3) is 5.91 Å². The fraction of sp³-hybridized carbons (Fsp3) is 0.647. The molecule has 2 aromatic rings. The molecule has 2 atom stereocenters. The Morgan fingerprint density at radius 2 is 2.04 bits per heavy atom. The van der Waals surface area contributed by atoms with Crippen LogP contribution in [-0.4, -0.2) is 50.0 Å². The van der Waals surface area contributed by atoms with Gasteiger partial charge in [-0.15, -0.1) is 10.2 Å². The van der Waals surface area contributed by atoms with Crippen molar-refractivity contribution in [3.8, 4) is 0 Å². The molecule has 3 heterocycles. The van der Waals surface area contributed by atoms with E-state index in [1.165, 1.54) is 12.8 Å². The molecular formula is C17H23N5O3. The molecule has 1 aliphatic heterocycles. The molecule has 2 aromatic heterocycles. The number of aromatic nitrogens is 4. The summed E-state index contributed by atoms with van der Waals surface area (Å²) in [4.78, 5) is 14.9. The lowest BCUT2D eigenvalue weighted by molar-refractivity contribution is -0.0799. The third-order valence-electron chi connectivity index (χ3n) is 4.92. The lowest BCUT2D eigenvalue weighted by atomic mass is 10.2. The number of amides is 1. The van der Waals surface area contributed by atoms with Crippen molar-refractivity contribution < 1.29 is 13.9 Å². The molecule has 0 unspecified atom stereocenters. The second kappa shape index (κ2) is 6.59. The molecule has 1 aliphatic carbocycles. The highest BCUT2D eigenvalue weighted by atomic mass is 16.5. The van der Waals surface area contributed by atoms with E-state index in [-0.39, 0.29) is 12.0 Å². The monoisotopic (exact) mass is 345 g/mol. The third kappa shape index (κ3) is 3.18. The Balaban J connectivity index is 1.54. The minimum atomic E-state index is -0.392. The van der Waals surface area contributed by atoms with E-state index in [2.05, 4.69) is 15.3 Å². The zero-order valence-corrected chi connectivity index (χ0v) is 14.6. The van der Waals surface area contributed by atoms with Crippen LogP contribution >= 0.6 is 0 Å². The van der Waals surface area contributed by atoms with E-state index in [0.29, 0.717) is 36.6 Å². The minimum Gasteiger partial charge on any atom is -0.423 e. The normalized spacial score (nSPS) is 24.8. The first-order chi connectivity index (χ1) is 12.1. The lowest BCUT2D eigenvalue weighted by Gasteiger charge is -2.35. The van der Waals surface area contributed by atoms with Crippen molar-refractivity contribution in [1.29, 1.82) is 0 Å². The fourth-order valence-electron chi connectivity index (χ4n) is 3.78. The summed E-state index contributed by atoms with van der Waals surface area (Å²) in [6.07, 6.45) is 5.80. The first-order valence-electron chi connectivity index (χ1n) is 8.90. The summed E-state index contributed by atoms with van der Waals surface area (Å²) in [6.45, 7) is 4.63. The first kappa shape index (κ1) is 16.3. The smallest absolute Gasteiger partial charge is 0.272 e. The summed E-state index contributed by atoms with van der Waals surface area (Å²) in [5.41, 5.74) is 0.654. The van der Waals surface area contributed by atoms with Crippen LogP contribution < -0.4 is 0 Å². The van der Waals surface area contributed by atoms with E-state index in [9.17, 15) is 4.79 Å². The number of carbonyl (C=O) groups is 1. The van der Waals surface area contributed by atoms with Crippen LogP contribution in [0.1, 0.15) is 67.0 Å². The maximum atomic E-state index is 13.1. The molecular weight excluding hydrogens is 322 g/mol. The summed E-state index contributed by atoms with van der Waals surface area (Å²) < 4.78 is 13.3. The van der Waals surface area contributed by atoms with E-state index in [1.54, 1.807) is 18.0 Å². The van der Waals surface area contributed by atoms with Gasteiger partial charge in [0.05, 0.1) is 18.7 Å². The van der Waals surface area contributed by atoms with Gasteiger partial charge in [-0.05, 0) is 25.8 Å². The van der Waals surface area contributed by atoms with Gasteiger partial charge >= 0.3 is 0 Å². The zero-order valence-electron chi connectivity index (χ0n) is 14.6. The van der Waals surface area contributed by atoms with Crippen LogP contribution in [-0.2, 0) is 4.74 Å². The average Bonchev–Trinajstić information content (AvgIpc) is 3.34. The molecule has 2 fully saturated rings. The van der Waals surface area contributed by atoms with Crippen molar-refractivity contribution >= 4 is 5.91 Å². The molecule has 0 spiro atoms. The van der Waals surface area contributed by atoms with E-state index >= 15 is 0 Å². The number of morpholine rings is 1. The molecule has 8 nitrogen and oxygen atoms in total. The summed E-state index contributed by atoms with van der Waals surface area (Å²) >= 11 is 0. The van der Waals surface area contributed by atoms with E-state index in [4.69, 9.17) is 9.15 Å². The predicted octanol–water partition coefficient (Wildman–Crippen LogP) is 2.29. The lowest BCUT2D eigenvalue weighted by Crippen LogP contribution is -2.46. The van der Waals surface area contributed by atoms with Crippen LogP contribution in [0.5, 0.6) is 0 Å². The second-order valence-corrected chi connectivity index (χ2v) is 6.90. The molecule has 1 amide bonds. The molecule has 4 rings (SSSR count). The number of rotatable bonds is 3. The Bertz CT molecular complexity index is 749. The van der Waals surface area contributed by atoms with E-state index in [1.807, 2.05) is 17.7 Å². The van der Waals surface area contributed by atoms with Crippen LogP contribution in [0.3, 0.4) is 0 Å². The number of nitrogens with zero attached hydrogens (tertiary/aromatic N) is 5. The zero-order chi connectivity index (χ0) is 17.4.